The molecule has 0 atom stereocenters. The highest BCUT2D eigenvalue weighted by molar-refractivity contribution is 6.00. The van der Waals surface area contributed by atoms with Gasteiger partial charge in [0.2, 0.25) is 5.91 Å². The van der Waals surface area contributed by atoms with Crippen LogP contribution in [0.4, 0.5) is 4.39 Å². The van der Waals surface area contributed by atoms with Crippen molar-refractivity contribution in [1.29, 1.82) is 0 Å². The maximum absolute atomic E-state index is 13.3. The highest BCUT2D eigenvalue weighted by Crippen LogP contribution is 2.26. The summed E-state index contributed by atoms with van der Waals surface area (Å²) in [4.78, 5) is 25.1. The van der Waals surface area contributed by atoms with Gasteiger partial charge in [0.25, 0.3) is 5.56 Å². The Hall–Kier alpha value is -3.67. The van der Waals surface area contributed by atoms with Crippen LogP contribution in [0.15, 0.2) is 71.0 Å². The molecule has 6 heteroatoms. The van der Waals surface area contributed by atoms with Crippen LogP contribution in [-0.2, 0) is 17.8 Å². The number of aromatic nitrogens is 1. The molecule has 2 aromatic carbocycles. The quantitative estimate of drug-likeness (QED) is 0.728. The van der Waals surface area contributed by atoms with Gasteiger partial charge in [-0.3, -0.25) is 14.2 Å². The fourth-order valence-electron chi connectivity index (χ4n) is 3.42. The van der Waals surface area contributed by atoms with Crippen molar-refractivity contribution in [1.82, 2.24) is 9.88 Å². The second kappa shape index (κ2) is 7.75. The van der Waals surface area contributed by atoms with Crippen LogP contribution >= 0.6 is 0 Å². The summed E-state index contributed by atoms with van der Waals surface area (Å²) in [6.07, 6.45) is 2.11. The number of carbonyl (C=O) groups excluding carboxylic acids is 1. The number of pyridine rings is 1. The van der Waals surface area contributed by atoms with E-state index in [0.29, 0.717) is 24.2 Å². The third-order valence-corrected chi connectivity index (χ3v) is 4.88. The average molecular weight is 390 g/mol. The van der Waals surface area contributed by atoms with Crippen molar-refractivity contribution >= 4 is 12.0 Å². The highest BCUT2D eigenvalue weighted by Gasteiger charge is 2.22. The first-order chi connectivity index (χ1) is 14.0. The van der Waals surface area contributed by atoms with Crippen LogP contribution in [0.1, 0.15) is 16.8 Å². The Morgan fingerprint density at radius 2 is 1.93 bits per heavy atom. The predicted octanol–water partition coefficient (Wildman–Crippen LogP) is 3.24. The number of nitrogens with one attached hydrogen (secondary N) is 1. The molecule has 1 aromatic heterocycles. The molecule has 0 aliphatic heterocycles. The van der Waals surface area contributed by atoms with Crippen LogP contribution in [-0.4, -0.2) is 17.6 Å². The minimum absolute atomic E-state index is 0.192. The first kappa shape index (κ1) is 18.7. The summed E-state index contributed by atoms with van der Waals surface area (Å²) in [5, 5.41) is 2.91. The van der Waals surface area contributed by atoms with E-state index in [9.17, 15) is 14.0 Å². The summed E-state index contributed by atoms with van der Waals surface area (Å²) in [6.45, 7) is 0.370. The van der Waals surface area contributed by atoms with Gasteiger partial charge in [0, 0.05) is 36.0 Å². The summed E-state index contributed by atoms with van der Waals surface area (Å²) in [7, 11) is 1.60. The summed E-state index contributed by atoms with van der Waals surface area (Å²) in [5.41, 5.74) is 3.37. The number of benzene rings is 2. The van der Waals surface area contributed by atoms with Gasteiger partial charge in [-0.25, -0.2) is 4.39 Å². The van der Waals surface area contributed by atoms with Crippen LogP contribution in [0.2, 0.25) is 0 Å². The molecule has 5 nitrogen and oxygen atoms in total. The van der Waals surface area contributed by atoms with Crippen molar-refractivity contribution < 1.29 is 13.9 Å². The number of carbonyl (C=O) groups is 1. The standard InChI is InChI=1S/C23H19FN2O3/c1-29-20-4-2-3-15(11-20)14-25-23(28)17-12-16-5-10-22(27)26(21(16)13-17)19-8-6-18(24)7-9-19/h2-12H,13-14H2,1H3,(H,25,28). The van der Waals surface area contributed by atoms with E-state index >= 15 is 0 Å². The van der Waals surface area contributed by atoms with E-state index in [2.05, 4.69) is 5.32 Å². The van der Waals surface area contributed by atoms with Gasteiger partial charge >= 0.3 is 0 Å². The molecule has 0 spiro atoms. The first-order valence-corrected chi connectivity index (χ1v) is 9.18. The van der Waals surface area contributed by atoms with E-state index in [0.717, 1.165) is 22.6 Å². The second-order valence-corrected chi connectivity index (χ2v) is 6.77. The van der Waals surface area contributed by atoms with E-state index in [1.54, 1.807) is 31.4 Å². The van der Waals surface area contributed by atoms with E-state index < -0.39 is 0 Å². The molecule has 4 rings (SSSR count). The molecule has 1 heterocycles. The largest absolute Gasteiger partial charge is 0.497 e. The van der Waals surface area contributed by atoms with Gasteiger partial charge < -0.3 is 10.1 Å². The molecule has 3 aromatic rings. The van der Waals surface area contributed by atoms with Crippen LogP contribution in [0.25, 0.3) is 11.8 Å². The molecule has 0 saturated heterocycles. The predicted molar refractivity (Wildman–Crippen MR) is 109 cm³/mol. The van der Waals surface area contributed by atoms with Crippen LogP contribution in [0.3, 0.4) is 0 Å². The van der Waals surface area contributed by atoms with Gasteiger partial charge in [-0.1, -0.05) is 12.1 Å². The Morgan fingerprint density at radius 3 is 2.69 bits per heavy atom. The van der Waals surface area contributed by atoms with Crippen molar-refractivity contribution in [2.75, 3.05) is 7.11 Å². The monoisotopic (exact) mass is 390 g/mol. The lowest BCUT2D eigenvalue weighted by Gasteiger charge is -2.12. The van der Waals surface area contributed by atoms with Gasteiger partial charge in [0.05, 0.1) is 7.11 Å². The fraction of sp³-hybridized carbons (Fsp3) is 0.130. The zero-order chi connectivity index (χ0) is 20.4. The zero-order valence-electron chi connectivity index (χ0n) is 15.8. The summed E-state index contributed by atoms with van der Waals surface area (Å²) in [6, 6.07) is 16.4. The van der Waals surface area contributed by atoms with Crippen LogP contribution < -0.4 is 15.6 Å². The lowest BCUT2D eigenvalue weighted by Crippen LogP contribution is -2.25. The number of hydrogen-bond donors (Lipinski definition) is 1. The molecular weight excluding hydrogens is 371 g/mol. The van der Waals surface area contributed by atoms with Crippen molar-refractivity contribution in [3.63, 3.8) is 0 Å². The normalized spacial score (nSPS) is 12.3. The number of nitrogens with zero attached hydrogens (tertiary/aromatic N) is 1. The van der Waals surface area contributed by atoms with Gasteiger partial charge in [0.15, 0.2) is 0 Å². The van der Waals surface area contributed by atoms with Crippen LogP contribution in [0, 0.1) is 5.82 Å². The van der Waals surface area contributed by atoms with Crippen molar-refractivity contribution in [3.05, 3.63) is 99.2 Å². The fourth-order valence-corrected chi connectivity index (χ4v) is 3.42. The first-order valence-electron chi connectivity index (χ1n) is 9.18. The third kappa shape index (κ3) is 3.82. The topological polar surface area (TPSA) is 60.3 Å². The summed E-state index contributed by atoms with van der Waals surface area (Å²) < 4.78 is 20.0. The minimum Gasteiger partial charge on any atom is -0.497 e. The van der Waals surface area contributed by atoms with Crippen molar-refractivity contribution in [2.45, 2.75) is 13.0 Å². The Kier molecular flexibility index (Phi) is 4.99. The highest BCUT2D eigenvalue weighted by atomic mass is 19.1. The second-order valence-electron chi connectivity index (χ2n) is 6.77. The molecule has 29 heavy (non-hydrogen) atoms. The molecule has 1 amide bonds. The molecule has 1 aliphatic rings. The molecule has 0 radical (unpaired) electrons. The number of ether oxygens (including phenoxy) is 1. The Bertz CT molecular complexity index is 1160. The molecule has 0 bridgehead atoms. The molecule has 0 unspecified atom stereocenters. The molecule has 0 saturated carbocycles. The van der Waals surface area contributed by atoms with E-state index in [4.69, 9.17) is 4.74 Å². The average Bonchev–Trinajstić information content (AvgIpc) is 3.17. The molecule has 0 fully saturated rings. The summed E-state index contributed by atoms with van der Waals surface area (Å²) in [5.74, 6) is 0.166. The van der Waals surface area contributed by atoms with E-state index in [1.165, 1.54) is 22.8 Å². The minimum atomic E-state index is -0.370. The Morgan fingerprint density at radius 1 is 1.14 bits per heavy atom. The lowest BCUT2D eigenvalue weighted by molar-refractivity contribution is -0.117. The number of fused-ring (bicyclic) bond motifs is 1. The number of amides is 1. The molecule has 1 N–H and O–H groups in total. The molecular formula is C23H19FN2O3. The van der Waals surface area contributed by atoms with Gasteiger partial charge in [0.1, 0.15) is 11.6 Å². The lowest BCUT2D eigenvalue weighted by atomic mass is 10.1. The van der Waals surface area contributed by atoms with Gasteiger partial charge in [-0.15, -0.1) is 0 Å². The Balaban J connectivity index is 1.53. The smallest absolute Gasteiger partial charge is 0.255 e. The van der Waals surface area contributed by atoms with Gasteiger partial charge in [-0.05, 0) is 59.7 Å². The SMILES string of the molecule is COc1cccc(CNC(=O)C2=Cc3ccc(=O)n(-c4ccc(F)cc4)c3C2)c1. The third-order valence-electron chi connectivity index (χ3n) is 4.88. The van der Waals surface area contributed by atoms with Crippen molar-refractivity contribution in [2.24, 2.45) is 0 Å². The van der Waals surface area contributed by atoms with Crippen molar-refractivity contribution in [3.8, 4) is 11.4 Å². The van der Waals surface area contributed by atoms with E-state index in [-0.39, 0.29) is 17.3 Å². The summed E-state index contributed by atoms with van der Waals surface area (Å²) >= 11 is 0. The van der Waals surface area contributed by atoms with Gasteiger partial charge in [-0.2, -0.15) is 0 Å². The molecule has 1 aliphatic carbocycles. The number of halogens is 1. The van der Waals surface area contributed by atoms with Crippen LogP contribution in [0.5, 0.6) is 5.75 Å². The number of methoxy groups -OCH3 is 1. The zero-order valence-corrected chi connectivity index (χ0v) is 15.8. The van der Waals surface area contributed by atoms with E-state index in [1.807, 2.05) is 24.3 Å². The molecule has 146 valence electrons. The maximum Gasteiger partial charge on any atom is 0.255 e. The number of hydrogen-bond acceptors (Lipinski definition) is 3. The number of rotatable bonds is 5. The maximum atomic E-state index is 13.3. The Labute approximate surface area is 167 Å².